The first kappa shape index (κ1) is 16.0. The van der Waals surface area contributed by atoms with Crippen LogP contribution < -0.4 is 0 Å². The largest absolute Gasteiger partial charge is 0.376 e. The van der Waals surface area contributed by atoms with E-state index >= 15 is 0 Å². The lowest BCUT2D eigenvalue weighted by Crippen LogP contribution is -2.37. The smallest absolute Gasteiger partial charge is 0.257 e. The summed E-state index contributed by atoms with van der Waals surface area (Å²) in [6.45, 7) is 4.00. The van der Waals surface area contributed by atoms with Crippen LogP contribution in [0.25, 0.3) is 11.3 Å². The van der Waals surface area contributed by atoms with Gasteiger partial charge in [-0.2, -0.15) is 5.10 Å². The Kier molecular flexibility index (Phi) is 4.98. The fourth-order valence-corrected chi connectivity index (χ4v) is 3.11. The number of aromatic nitrogens is 2. The molecule has 0 spiro atoms. The van der Waals surface area contributed by atoms with Crippen LogP contribution in [0.5, 0.6) is 0 Å². The van der Waals surface area contributed by atoms with Gasteiger partial charge in [0.2, 0.25) is 0 Å². The van der Waals surface area contributed by atoms with Gasteiger partial charge in [-0.15, -0.1) is 0 Å². The summed E-state index contributed by atoms with van der Waals surface area (Å²) in [5.74, 6) is -0.0494. The Morgan fingerprint density at radius 1 is 1.48 bits per heavy atom. The molecule has 122 valence electrons. The molecule has 1 aromatic heterocycles. The van der Waals surface area contributed by atoms with Crippen LogP contribution in [-0.2, 0) is 4.74 Å². The van der Waals surface area contributed by atoms with Crippen LogP contribution in [0.1, 0.15) is 30.1 Å². The molecule has 3 rings (SSSR count). The highest BCUT2D eigenvalue weighted by Crippen LogP contribution is 2.29. The molecule has 1 amide bonds. The fourth-order valence-electron chi connectivity index (χ4n) is 2.88. The molecule has 6 heteroatoms. The maximum atomic E-state index is 12.9. The maximum absolute atomic E-state index is 12.9. The minimum atomic E-state index is -0.0494. The molecule has 0 aliphatic carbocycles. The number of carbonyl (C=O) groups excluding carboxylic acids is 1. The van der Waals surface area contributed by atoms with Crippen molar-refractivity contribution >= 4 is 17.5 Å². The van der Waals surface area contributed by atoms with Crippen molar-refractivity contribution in [1.29, 1.82) is 0 Å². The van der Waals surface area contributed by atoms with Gasteiger partial charge in [0.15, 0.2) is 0 Å². The van der Waals surface area contributed by atoms with Crippen molar-refractivity contribution in [3.8, 4) is 11.3 Å². The van der Waals surface area contributed by atoms with Crippen LogP contribution in [0, 0.1) is 0 Å². The topological polar surface area (TPSA) is 58.2 Å². The van der Waals surface area contributed by atoms with Gasteiger partial charge in [0.05, 0.1) is 23.6 Å². The minimum Gasteiger partial charge on any atom is -0.376 e. The number of carbonyl (C=O) groups is 1. The van der Waals surface area contributed by atoms with Crippen LogP contribution in [-0.4, -0.2) is 46.8 Å². The van der Waals surface area contributed by atoms with Crippen molar-refractivity contribution in [2.45, 2.75) is 25.9 Å². The van der Waals surface area contributed by atoms with E-state index in [1.165, 1.54) is 0 Å². The zero-order valence-electron chi connectivity index (χ0n) is 13.1. The summed E-state index contributed by atoms with van der Waals surface area (Å²) < 4.78 is 5.65. The standard InChI is InChI=1S/C17H20ClN3O2/c1-2-21(11-12-6-5-9-23-12)17(22)14-10-19-20-16(14)13-7-3-4-8-15(13)18/h3-4,7-8,10,12H,2,5-6,9,11H2,1H3,(H,19,20). The molecule has 1 unspecified atom stereocenters. The normalized spacial score (nSPS) is 17.4. The molecule has 1 atom stereocenters. The fraction of sp³-hybridized carbons (Fsp3) is 0.412. The number of aromatic amines is 1. The predicted molar refractivity (Wildman–Crippen MR) is 89.6 cm³/mol. The van der Waals surface area contributed by atoms with E-state index in [9.17, 15) is 4.79 Å². The summed E-state index contributed by atoms with van der Waals surface area (Å²) in [5, 5.41) is 7.54. The lowest BCUT2D eigenvalue weighted by molar-refractivity contribution is 0.0540. The summed E-state index contributed by atoms with van der Waals surface area (Å²) in [6, 6.07) is 7.43. The third-order valence-corrected chi connectivity index (χ3v) is 4.46. The zero-order chi connectivity index (χ0) is 16.2. The van der Waals surface area contributed by atoms with Crippen LogP contribution >= 0.6 is 11.6 Å². The molecule has 1 fully saturated rings. The first-order chi connectivity index (χ1) is 11.2. The molecule has 1 aromatic carbocycles. The second-order valence-corrected chi connectivity index (χ2v) is 6.02. The molecule has 2 heterocycles. The Hall–Kier alpha value is -1.85. The third kappa shape index (κ3) is 3.41. The number of rotatable bonds is 5. The van der Waals surface area contributed by atoms with Gasteiger partial charge in [-0.05, 0) is 25.8 Å². The summed E-state index contributed by atoms with van der Waals surface area (Å²) in [6.07, 6.45) is 3.77. The van der Waals surface area contributed by atoms with E-state index in [4.69, 9.17) is 16.3 Å². The van der Waals surface area contributed by atoms with Crippen molar-refractivity contribution in [2.75, 3.05) is 19.7 Å². The number of halogens is 1. The lowest BCUT2D eigenvalue weighted by Gasteiger charge is -2.24. The number of ether oxygens (including phenoxy) is 1. The van der Waals surface area contributed by atoms with E-state index in [0.29, 0.717) is 29.4 Å². The Labute approximate surface area is 140 Å². The Bertz CT molecular complexity index is 680. The molecule has 1 aliphatic heterocycles. The van der Waals surface area contributed by atoms with Gasteiger partial charge in [-0.25, -0.2) is 0 Å². The summed E-state index contributed by atoms with van der Waals surface area (Å²) in [7, 11) is 0. The molecule has 2 aromatic rings. The van der Waals surface area contributed by atoms with Gasteiger partial charge in [-0.1, -0.05) is 29.8 Å². The summed E-state index contributed by atoms with van der Waals surface area (Å²) in [4.78, 5) is 14.7. The first-order valence-corrected chi connectivity index (χ1v) is 8.27. The molecular weight excluding hydrogens is 314 g/mol. The van der Waals surface area contributed by atoms with E-state index in [2.05, 4.69) is 10.2 Å². The number of amides is 1. The van der Waals surface area contributed by atoms with Crippen molar-refractivity contribution in [3.05, 3.63) is 41.0 Å². The molecule has 5 nitrogen and oxygen atoms in total. The highest BCUT2D eigenvalue weighted by atomic mass is 35.5. The van der Waals surface area contributed by atoms with E-state index in [1.807, 2.05) is 25.1 Å². The number of nitrogens with one attached hydrogen (secondary N) is 1. The number of hydrogen-bond donors (Lipinski definition) is 1. The van der Waals surface area contributed by atoms with E-state index in [1.54, 1.807) is 17.2 Å². The van der Waals surface area contributed by atoms with E-state index in [0.717, 1.165) is 25.0 Å². The quantitative estimate of drug-likeness (QED) is 0.912. The van der Waals surface area contributed by atoms with Gasteiger partial charge in [0.1, 0.15) is 0 Å². The van der Waals surface area contributed by atoms with Crippen molar-refractivity contribution in [3.63, 3.8) is 0 Å². The van der Waals surface area contributed by atoms with Crippen LogP contribution in [0.2, 0.25) is 5.02 Å². The van der Waals surface area contributed by atoms with Crippen molar-refractivity contribution in [2.24, 2.45) is 0 Å². The van der Waals surface area contributed by atoms with Gasteiger partial charge in [0.25, 0.3) is 5.91 Å². The van der Waals surface area contributed by atoms with Crippen LogP contribution in [0.15, 0.2) is 30.5 Å². The minimum absolute atomic E-state index is 0.0494. The second-order valence-electron chi connectivity index (χ2n) is 5.62. The number of H-pyrrole nitrogens is 1. The molecule has 1 N–H and O–H groups in total. The molecular formula is C17H20ClN3O2. The molecule has 0 bridgehead atoms. The Balaban J connectivity index is 1.85. The van der Waals surface area contributed by atoms with Crippen molar-refractivity contribution < 1.29 is 9.53 Å². The highest BCUT2D eigenvalue weighted by molar-refractivity contribution is 6.33. The Morgan fingerprint density at radius 3 is 3.00 bits per heavy atom. The molecule has 1 aliphatic rings. The number of nitrogens with zero attached hydrogens (tertiary/aromatic N) is 2. The molecule has 0 saturated carbocycles. The number of likely N-dealkylation sites (N-methyl/N-ethyl adjacent to an activating group) is 1. The van der Waals surface area contributed by atoms with Gasteiger partial charge < -0.3 is 9.64 Å². The summed E-state index contributed by atoms with van der Waals surface area (Å²) in [5.41, 5.74) is 1.98. The summed E-state index contributed by atoms with van der Waals surface area (Å²) >= 11 is 6.25. The average Bonchev–Trinajstić information content (AvgIpc) is 3.24. The lowest BCUT2D eigenvalue weighted by atomic mass is 10.1. The molecule has 1 saturated heterocycles. The molecule has 0 radical (unpaired) electrons. The van der Waals surface area contributed by atoms with Gasteiger partial charge in [0, 0.05) is 30.3 Å². The van der Waals surface area contributed by atoms with E-state index in [-0.39, 0.29) is 12.0 Å². The third-order valence-electron chi connectivity index (χ3n) is 4.13. The second kappa shape index (κ2) is 7.15. The van der Waals surface area contributed by atoms with Gasteiger partial charge in [-0.3, -0.25) is 9.89 Å². The first-order valence-electron chi connectivity index (χ1n) is 7.89. The predicted octanol–water partition coefficient (Wildman–Crippen LogP) is 3.37. The average molecular weight is 334 g/mol. The number of hydrogen-bond acceptors (Lipinski definition) is 3. The van der Waals surface area contributed by atoms with Crippen molar-refractivity contribution in [1.82, 2.24) is 15.1 Å². The Morgan fingerprint density at radius 2 is 2.30 bits per heavy atom. The number of benzene rings is 1. The SMILES string of the molecule is CCN(CC1CCCO1)C(=O)c1cn[nH]c1-c1ccccc1Cl. The van der Waals surface area contributed by atoms with Gasteiger partial charge >= 0.3 is 0 Å². The van der Waals surface area contributed by atoms with E-state index < -0.39 is 0 Å². The highest BCUT2D eigenvalue weighted by Gasteiger charge is 2.25. The van der Waals surface area contributed by atoms with Crippen LogP contribution in [0.4, 0.5) is 0 Å². The monoisotopic (exact) mass is 333 g/mol. The zero-order valence-corrected chi connectivity index (χ0v) is 13.8. The van der Waals surface area contributed by atoms with Crippen LogP contribution in [0.3, 0.4) is 0 Å². The maximum Gasteiger partial charge on any atom is 0.257 e. The molecule has 23 heavy (non-hydrogen) atoms.